The molecular formula is C42H68N8O12. The average Bonchev–Trinajstić information content (AvgIpc) is 3.70. The molecule has 3 N–H and O–H groups in total. The van der Waals surface area contributed by atoms with Crippen LogP contribution >= 0.6 is 0 Å². The Labute approximate surface area is 364 Å². The number of ether oxygens (including phenoxy) is 4. The number of imidazole rings is 2. The summed E-state index contributed by atoms with van der Waals surface area (Å²) in [5.74, 6) is -4.23. The van der Waals surface area contributed by atoms with Crippen molar-refractivity contribution in [1.82, 2.24) is 33.8 Å². The molecule has 0 bridgehead atoms. The molecule has 0 aliphatic carbocycles. The van der Waals surface area contributed by atoms with Crippen LogP contribution < -0.4 is 5.73 Å². The van der Waals surface area contributed by atoms with Crippen LogP contribution in [0.1, 0.15) is 114 Å². The van der Waals surface area contributed by atoms with E-state index in [-0.39, 0.29) is 32.6 Å². The minimum absolute atomic E-state index is 0.146. The topological polar surface area (TPSA) is 248 Å². The molecule has 2 rings (SSSR count). The molecule has 2 amide bonds. The highest BCUT2D eigenvalue weighted by molar-refractivity contribution is 5.87. The van der Waals surface area contributed by atoms with Gasteiger partial charge in [-0.15, -0.1) is 0 Å². The molecule has 62 heavy (non-hydrogen) atoms. The number of nitrogens with zero attached hydrogens (tertiary/aromatic N) is 7. The highest BCUT2D eigenvalue weighted by Crippen LogP contribution is 2.16. The zero-order valence-corrected chi connectivity index (χ0v) is 38.5. The lowest BCUT2D eigenvalue weighted by Gasteiger charge is -2.27. The Morgan fingerprint density at radius 1 is 0.597 bits per heavy atom. The largest absolute Gasteiger partial charge is 0.480 e. The summed E-state index contributed by atoms with van der Waals surface area (Å²) in [6.07, 6.45) is 7.38. The van der Waals surface area contributed by atoms with Crippen LogP contribution in [-0.4, -0.2) is 142 Å². The van der Waals surface area contributed by atoms with Gasteiger partial charge >= 0.3 is 29.8 Å². The first-order valence-corrected chi connectivity index (χ1v) is 20.5. The smallest absolute Gasteiger partial charge is 0.326 e. The van der Waals surface area contributed by atoms with E-state index in [0.29, 0.717) is 31.0 Å². The van der Waals surface area contributed by atoms with E-state index >= 15 is 0 Å². The second kappa shape index (κ2) is 22.6. The van der Waals surface area contributed by atoms with E-state index in [0.717, 1.165) is 9.80 Å². The zero-order valence-electron chi connectivity index (χ0n) is 38.5. The second-order valence-electron chi connectivity index (χ2n) is 18.9. The number of carboxylic acids is 1. The number of esters is 4. The van der Waals surface area contributed by atoms with Gasteiger partial charge in [0.2, 0.25) is 11.8 Å². The second-order valence-corrected chi connectivity index (χ2v) is 18.9. The van der Waals surface area contributed by atoms with Crippen LogP contribution in [0.15, 0.2) is 24.8 Å². The Kier molecular flexibility index (Phi) is 19.3. The molecule has 0 spiro atoms. The molecule has 20 heteroatoms. The van der Waals surface area contributed by atoms with Crippen molar-refractivity contribution in [1.29, 1.82) is 0 Å². The Morgan fingerprint density at radius 3 is 1.21 bits per heavy atom. The molecule has 348 valence electrons. The maximum absolute atomic E-state index is 13.8. The number of carbonyl (C=O) groups is 7. The lowest BCUT2D eigenvalue weighted by atomic mass is 10.1. The number of amides is 2. The molecule has 0 saturated carbocycles. The van der Waals surface area contributed by atoms with Gasteiger partial charge in [-0.25, -0.2) is 9.97 Å². The molecule has 0 aliphatic rings. The molecule has 0 radical (unpaired) electrons. The van der Waals surface area contributed by atoms with Gasteiger partial charge in [0.05, 0.1) is 13.1 Å². The molecule has 0 unspecified atom stereocenters. The third-order valence-electron chi connectivity index (χ3n) is 8.17. The minimum atomic E-state index is -1.11. The number of aliphatic carboxylic acids is 1. The molecule has 2 heterocycles. The van der Waals surface area contributed by atoms with Gasteiger partial charge in [-0.3, -0.25) is 38.5 Å². The van der Waals surface area contributed by atoms with E-state index in [9.17, 15) is 38.7 Å². The Morgan fingerprint density at radius 2 is 0.919 bits per heavy atom. The van der Waals surface area contributed by atoms with Crippen LogP contribution in [0.2, 0.25) is 0 Å². The highest BCUT2D eigenvalue weighted by Gasteiger charge is 2.29. The number of hydrogen-bond donors (Lipinski definition) is 2. The summed E-state index contributed by atoms with van der Waals surface area (Å²) in [5, 5.41) is 9.29. The minimum Gasteiger partial charge on any atom is -0.480 e. The van der Waals surface area contributed by atoms with Gasteiger partial charge in [-0.2, -0.15) is 0 Å². The maximum Gasteiger partial charge on any atom is 0.326 e. The number of carboxylic acid groups (broad SMARTS) is 1. The first-order valence-electron chi connectivity index (χ1n) is 20.5. The molecule has 1 atom stereocenters. The molecule has 0 saturated heterocycles. The fourth-order valence-corrected chi connectivity index (χ4v) is 5.78. The molecule has 2 aromatic heterocycles. The van der Waals surface area contributed by atoms with Crippen LogP contribution in [0.3, 0.4) is 0 Å². The van der Waals surface area contributed by atoms with Crippen molar-refractivity contribution in [2.75, 3.05) is 32.7 Å². The first kappa shape index (κ1) is 52.8. The van der Waals surface area contributed by atoms with E-state index in [1.165, 1.54) is 12.4 Å². The van der Waals surface area contributed by atoms with E-state index < -0.39 is 96.3 Å². The summed E-state index contributed by atoms with van der Waals surface area (Å²) in [7, 11) is 0. The molecule has 0 aliphatic heterocycles. The first-order chi connectivity index (χ1) is 28.4. The molecular weight excluding hydrogens is 809 g/mol. The van der Waals surface area contributed by atoms with Crippen molar-refractivity contribution in [3.63, 3.8) is 0 Å². The van der Waals surface area contributed by atoms with Gasteiger partial charge in [-0.05, 0) is 102 Å². The van der Waals surface area contributed by atoms with Crippen molar-refractivity contribution in [2.45, 2.75) is 157 Å². The Bertz CT molecular complexity index is 1670. The third-order valence-corrected chi connectivity index (χ3v) is 8.17. The van der Waals surface area contributed by atoms with Gasteiger partial charge in [0.25, 0.3) is 0 Å². The van der Waals surface area contributed by atoms with Crippen LogP contribution in [0.25, 0.3) is 0 Å². The number of rotatable bonds is 22. The molecule has 0 aromatic carbocycles. The fraction of sp³-hybridized carbons (Fsp3) is 0.690. The lowest BCUT2D eigenvalue weighted by molar-refractivity contribution is -0.165. The Balaban J connectivity index is 2.39. The van der Waals surface area contributed by atoms with E-state index in [1.54, 1.807) is 105 Å². The van der Waals surface area contributed by atoms with Crippen molar-refractivity contribution >= 4 is 41.7 Å². The van der Waals surface area contributed by atoms with Crippen molar-refractivity contribution in [2.24, 2.45) is 5.73 Å². The number of aromatic nitrogens is 4. The quantitative estimate of drug-likeness (QED) is 0.0981. The van der Waals surface area contributed by atoms with E-state index in [4.69, 9.17) is 24.7 Å². The number of unbranched alkanes of at least 4 members (excludes halogenated alkanes) is 1. The summed E-state index contributed by atoms with van der Waals surface area (Å²) in [6.45, 7) is 18.3. The molecule has 0 fully saturated rings. The zero-order chi connectivity index (χ0) is 47.2. The SMILES string of the molecule is CC(C)(C)OC(=O)CN(CC(=O)OC(C)(C)C)C(=O)Cn1ccnc1CN(CCCC[C@H](N)C(=O)O)Cc1nccn1CC(=O)N(CC(=O)OC(C)(C)C)CC(=O)OC(C)(C)C. The average molecular weight is 877 g/mol. The summed E-state index contributed by atoms with van der Waals surface area (Å²) in [5.41, 5.74) is 2.41. The molecule has 2 aromatic rings. The summed E-state index contributed by atoms with van der Waals surface area (Å²) >= 11 is 0. The third kappa shape index (κ3) is 21.4. The van der Waals surface area contributed by atoms with Gasteiger partial charge in [0, 0.05) is 24.8 Å². The summed E-state index contributed by atoms with van der Waals surface area (Å²) in [6, 6.07) is -1.04. The fourth-order valence-electron chi connectivity index (χ4n) is 5.78. The van der Waals surface area contributed by atoms with Gasteiger partial charge in [0.15, 0.2) is 0 Å². The van der Waals surface area contributed by atoms with Crippen molar-refractivity contribution < 1.29 is 57.6 Å². The number of carbonyl (C=O) groups excluding carboxylic acids is 6. The Hall–Kier alpha value is -5.37. The number of hydrogen-bond acceptors (Lipinski definition) is 15. The monoisotopic (exact) mass is 876 g/mol. The van der Waals surface area contributed by atoms with E-state index in [1.807, 2.05) is 4.90 Å². The van der Waals surface area contributed by atoms with Crippen molar-refractivity contribution in [3.05, 3.63) is 36.4 Å². The predicted molar refractivity (Wildman–Crippen MR) is 225 cm³/mol. The van der Waals surface area contributed by atoms with Crippen molar-refractivity contribution in [3.8, 4) is 0 Å². The van der Waals surface area contributed by atoms with Crippen LogP contribution in [0.4, 0.5) is 0 Å². The standard InChI is InChI=1S/C42H68N8O12/c1-39(2,3)59-34(53)25-49(26-35(54)60-40(4,5)6)32(51)23-47-19-16-44-30(47)21-46(18-14-13-15-29(43)38(57)58)22-31-45-17-20-48(31)24-33(52)50(27-36(55)61-41(7,8)9)28-37(56)62-42(10,11)12/h16-17,19-20,29H,13-15,18,21-28,43H2,1-12H3,(H,57,58)/t29-/m0/s1. The highest BCUT2D eigenvalue weighted by atomic mass is 16.6. The van der Waals surface area contributed by atoms with Gasteiger partial charge in [0.1, 0.15) is 79.4 Å². The van der Waals surface area contributed by atoms with Crippen LogP contribution in [0.5, 0.6) is 0 Å². The lowest BCUT2D eigenvalue weighted by Crippen LogP contribution is -2.44. The normalized spacial score (nSPS) is 12.7. The maximum atomic E-state index is 13.8. The molecule has 20 nitrogen and oxygen atoms in total. The summed E-state index contributed by atoms with van der Waals surface area (Å²) in [4.78, 5) is 103. The van der Waals surface area contributed by atoms with E-state index in [2.05, 4.69) is 9.97 Å². The van der Waals surface area contributed by atoms with Crippen LogP contribution in [-0.2, 0) is 78.7 Å². The summed E-state index contributed by atoms with van der Waals surface area (Å²) < 4.78 is 24.9. The number of nitrogens with two attached hydrogens (primary N) is 1. The predicted octanol–water partition coefficient (Wildman–Crippen LogP) is 2.69. The van der Waals surface area contributed by atoms with Gasteiger partial charge in [-0.1, -0.05) is 6.42 Å². The van der Waals surface area contributed by atoms with Gasteiger partial charge < -0.3 is 48.7 Å². The van der Waals surface area contributed by atoms with Crippen LogP contribution in [0, 0.1) is 0 Å².